The number of nitro groups is 1. The zero-order valence-electron chi connectivity index (χ0n) is 8.98. The topological polar surface area (TPSA) is 81.2 Å². The van der Waals surface area contributed by atoms with E-state index >= 15 is 0 Å². The molecule has 0 amide bonds. The Bertz CT molecular complexity index is 536. The van der Waals surface area contributed by atoms with Crippen LogP contribution in [0.4, 0.5) is 5.69 Å². The Balaban J connectivity index is 2.18. The minimum absolute atomic E-state index is 0.0606. The first-order valence-corrected chi connectivity index (χ1v) is 5.04. The van der Waals surface area contributed by atoms with E-state index in [0.717, 1.165) is 11.1 Å². The highest BCUT2D eigenvalue weighted by Gasteiger charge is 2.06. The number of rotatable bonds is 4. The molecule has 0 saturated heterocycles. The minimum atomic E-state index is -0.425. The molecule has 0 saturated carbocycles. The molecule has 88 valence electrons. The normalized spacial score (nSPS) is 10.4. The van der Waals surface area contributed by atoms with Gasteiger partial charge in [-0.2, -0.15) is 5.10 Å². The molecule has 6 nitrogen and oxygen atoms in total. The molecule has 0 atom stereocenters. The quantitative estimate of drug-likeness (QED) is 0.638. The number of hydrogen-bond donors (Lipinski definition) is 1. The van der Waals surface area contributed by atoms with Crippen LogP contribution in [0.1, 0.15) is 11.1 Å². The number of non-ortho nitro benzene ring substituents is 1. The monoisotopic (exact) mass is 233 g/mol. The van der Waals surface area contributed by atoms with Gasteiger partial charge in [-0.05, 0) is 5.56 Å². The van der Waals surface area contributed by atoms with E-state index < -0.39 is 4.92 Å². The van der Waals surface area contributed by atoms with Crippen molar-refractivity contribution in [2.75, 3.05) is 0 Å². The van der Waals surface area contributed by atoms with Gasteiger partial charge in [0.25, 0.3) is 5.69 Å². The smallest absolute Gasteiger partial charge is 0.269 e. The first kappa shape index (κ1) is 11.3. The molecule has 0 aliphatic carbocycles. The third-order valence-corrected chi connectivity index (χ3v) is 2.34. The lowest BCUT2D eigenvalue weighted by Crippen LogP contribution is -2.00. The van der Waals surface area contributed by atoms with Crippen molar-refractivity contribution in [2.45, 2.75) is 13.2 Å². The van der Waals surface area contributed by atoms with E-state index in [1.807, 2.05) is 0 Å². The second-order valence-corrected chi connectivity index (χ2v) is 3.63. The largest absolute Gasteiger partial charge is 0.392 e. The van der Waals surface area contributed by atoms with Crippen molar-refractivity contribution in [1.82, 2.24) is 9.78 Å². The highest BCUT2D eigenvalue weighted by Crippen LogP contribution is 2.14. The average molecular weight is 233 g/mol. The highest BCUT2D eigenvalue weighted by molar-refractivity contribution is 5.34. The van der Waals surface area contributed by atoms with E-state index in [0.29, 0.717) is 6.54 Å². The summed E-state index contributed by atoms with van der Waals surface area (Å²) in [5.74, 6) is 0. The van der Waals surface area contributed by atoms with Crippen LogP contribution in [0.5, 0.6) is 0 Å². The van der Waals surface area contributed by atoms with Crippen molar-refractivity contribution in [1.29, 1.82) is 0 Å². The molecule has 2 aromatic rings. The SMILES string of the molecule is O=[N+]([O-])c1cccc(Cn2cc(CO)cn2)c1. The second-order valence-electron chi connectivity index (χ2n) is 3.63. The Morgan fingerprint density at radius 1 is 1.41 bits per heavy atom. The van der Waals surface area contributed by atoms with Crippen molar-refractivity contribution in [2.24, 2.45) is 0 Å². The van der Waals surface area contributed by atoms with Crippen LogP contribution in [0.2, 0.25) is 0 Å². The summed E-state index contributed by atoms with van der Waals surface area (Å²) in [5.41, 5.74) is 1.58. The molecule has 6 heteroatoms. The van der Waals surface area contributed by atoms with Crippen LogP contribution in [0.15, 0.2) is 36.7 Å². The van der Waals surface area contributed by atoms with Crippen molar-refractivity contribution in [3.8, 4) is 0 Å². The Labute approximate surface area is 97.3 Å². The maximum atomic E-state index is 10.6. The first-order valence-electron chi connectivity index (χ1n) is 5.04. The van der Waals surface area contributed by atoms with Crippen molar-refractivity contribution < 1.29 is 10.0 Å². The highest BCUT2D eigenvalue weighted by atomic mass is 16.6. The van der Waals surface area contributed by atoms with Gasteiger partial charge in [0.05, 0.1) is 24.3 Å². The second kappa shape index (κ2) is 4.75. The molecule has 0 bridgehead atoms. The fourth-order valence-corrected chi connectivity index (χ4v) is 1.53. The maximum absolute atomic E-state index is 10.6. The van der Waals surface area contributed by atoms with Gasteiger partial charge in [0.15, 0.2) is 0 Å². The summed E-state index contributed by atoms with van der Waals surface area (Å²) in [6.07, 6.45) is 3.27. The number of nitro benzene ring substituents is 1. The standard InChI is InChI=1S/C11H11N3O3/c15-8-10-5-12-13(7-10)6-9-2-1-3-11(4-9)14(16)17/h1-5,7,15H,6,8H2. The molecule has 1 heterocycles. The third-order valence-electron chi connectivity index (χ3n) is 2.34. The predicted molar refractivity (Wildman–Crippen MR) is 60.3 cm³/mol. The molecule has 0 aliphatic heterocycles. The van der Waals surface area contributed by atoms with E-state index in [-0.39, 0.29) is 12.3 Å². The third kappa shape index (κ3) is 2.67. The number of nitrogens with zero attached hydrogens (tertiary/aromatic N) is 3. The van der Waals surface area contributed by atoms with Gasteiger partial charge in [-0.25, -0.2) is 0 Å². The Morgan fingerprint density at radius 3 is 2.88 bits per heavy atom. The molecule has 2 rings (SSSR count). The Morgan fingerprint density at radius 2 is 2.24 bits per heavy atom. The number of hydrogen-bond acceptors (Lipinski definition) is 4. The van der Waals surface area contributed by atoms with Gasteiger partial charge in [-0.3, -0.25) is 14.8 Å². The van der Waals surface area contributed by atoms with Crippen LogP contribution in [-0.4, -0.2) is 19.8 Å². The minimum Gasteiger partial charge on any atom is -0.392 e. The summed E-state index contributed by atoms with van der Waals surface area (Å²) < 4.78 is 1.63. The van der Waals surface area contributed by atoms with Gasteiger partial charge in [-0.1, -0.05) is 12.1 Å². The number of aliphatic hydroxyl groups excluding tert-OH is 1. The van der Waals surface area contributed by atoms with Gasteiger partial charge < -0.3 is 5.11 Å². The van der Waals surface area contributed by atoms with E-state index in [1.165, 1.54) is 12.1 Å². The molecule has 0 fully saturated rings. The lowest BCUT2D eigenvalue weighted by atomic mass is 10.2. The number of benzene rings is 1. The molecule has 1 N–H and O–H groups in total. The predicted octanol–water partition coefficient (Wildman–Crippen LogP) is 1.33. The molecule has 17 heavy (non-hydrogen) atoms. The van der Waals surface area contributed by atoms with Crippen LogP contribution in [-0.2, 0) is 13.2 Å². The van der Waals surface area contributed by atoms with E-state index in [4.69, 9.17) is 5.11 Å². The van der Waals surface area contributed by atoms with Crippen LogP contribution in [0.3, 0.4) is 0 Å². The van der Waals surface area contributed by atoms with E-state index in [9.17, 15) is 10.1 Å². The van der Waals surface area contributed by atoms with Crippen molar-refractivity contribution >= 4 is 5.69 Å². The molecular formula is C11H11N3O3. The van der Waals surface area contributed by atoms with Crippen LogP contribution >= 0.6 is 0 Å². The summed E-state index contributed by atoms with van der Waals surface area (Å²) in [6, 6.07) is 6.41. The summed E-state index contributed by atoms with van der Waals surface area (Å²) in [6.45, 7) is 0.386. The zero-order chi connectivity index (χ0) is 12.3. The molecule has 0 spiro atoms. The zero-order valence-corrected chi connectivity index (χ0v) is 8.98. The van der Waals surface area contributed by atoms with E-state index in [1.54, 1.807) is 29.2 Å². The molecule has 0 radical (unpaired) electrons. The van der Waals surface area contributed by atoms with Crippen molar-refractivity contribution in [3.05, 3.63) is 57.9 Å². The molecular weight excluding hydrogens is 222 g/mol. The lowest BCUT2D eigenvalue weighted by Gasteiger charge is -2.01. The summed E-state index contributed by atoms with van der Waals surface area (Å²) in [5, 5.41) is 23.5. The summed E-state index contributed by atoms with van der Waals surface area (Å²) in [4.78, 5) is 10.2. The lowest BCUT2D eigenvalue weighted by molar-refractivity contribution is -0.384. The van der Waals surface area contributed by atoms with Crippen LogP contribution < -0.4 is 0 Å². The molecule has 0 aliphatic rings. The number of aliphatic hydroxyl groups is 1. The molecule has 1 aromatic carbocycles. The van der Waals surface area contributed by atoms with Crippen molar-refractivity contribution in [3.63, 3.8) is 0 Å². The van der Waals surface area contributed by atoms with Gasteiger partial charge in [0.1, 0.15) is 0 Å². The van der Waals surface area contributed by atoms with Crippen LogP contribution in [0.25, 0.3) is 0 Å². The molecule has 0 unspecified atom stereocenters. The fraction of sp³-hybridized carbons (Fsp3) is 0.182. The Kier molecular flexibility index (Phi) is 3.15. The maximum Gasteiger partial charge on any atom is 0.269 e. The Hall–Kier alpha value is -2.21. The van der Waals surface area contributed by atoms with Gasteiger partial charge in [0.2, 0.25) is 0 Å². The van der Waals surface area contributed by atoms with E-state index in [2.05, 4.69) is 5.10 Å². The van der Waals surface area contributed by atoms with Gasteiger partial charge in [0, 0.05) is 23.9 Å². The molecule has 1 aromatic heterocycles. The fourth-order valence-electron chi connectivity index (χ4n) is 1.53. The number of aromatic nitrogens is 2. The van der Waals surface area contributed by atoms with Gasteiger partial charge >= 0.3 is 0 Å². The first-order chi connectivity index (χ1) is 8.19. The van der Waals surface area contributed by atoms with Gasteiger partial charge in [-0.15, -0.1) is 0 Å². The van der Waals surface area contributed by atoms with Crippen LogP contribution in [0, 0.1) is 10.1 Å². The summed E-state index contributed by atoms with van der Waals surface area (Å²) in [7, 11) is 0. The summed E-state index contributed by atoms with van der Waals surface area (Å²) >= 11 is 0. The average Bonchev–Trinajstić information content (AvgIpc) is 2.77.